The van der Waals surface area contributed by atoms with E-state index < -0.39 is 11.7 Å². The molecule has 1 aliphatic heterocycles. The van der Waals surface area contributed by atoms with Gasteiger partial charge in [-0.1, -0.05) is 0 Å². The van der Waals surface area contributed by atoms with Crippen molar-refractivity contribution in [3.8, 4) is 0 Å². The lowest BCUT2D eigenvalue weighted by Gasteiger charge is -2.11. The molecule has 0 radical (unpaired) electrons. The Kier molecular flexibility index (Phi) is 2.97. The average molecular weight is 246 g/mol. The Morgan fingerprint density at radius 1 is 1.44 bits per heavy atom. The van der Waals surface area contributed by atoms with Crippen molar-refractivity contribution in [1.29, 1.82) is 0 Å². The van der Waals surface area contributed by atoms with Crippen molar-refractivity contribution in [2.24, 2.45) is 0 Å². The van der Waals surface area contributed by atoms with Crippen molar-refractivity contribution in [3.63, 3.8) is 0 Å². The molecular weight excluding hydrogens is 237 g/mol. The van der Waals surface area contributed by atoms with E-state index in [1.165, 1.54) is 23.9 Å². The molecule has 1 unspecified atom stereocenters. The summed E-state index contributed by atoms with van der Waals surface area (Å²) in [6.45, 7) is 0. The van der Waals surface area contributed by atoms with Crippen LogP contribution in [0.2, 0.25) is 0 Å². The molecule has 1 aliphatic rings. The van der Waals surface area contributed by atoms with Gasteiger partial charge in [-0.25, -0.2) is 0 Å². The first-order valence-electron chi connectivity index (χ1n) is 4.80. The molecule has 0 amide bonds. The van der Waals surface area contributed by atoms with Crippen molar-refractivity contribution >= 4 is 18.0 Å². The van der Waals surface area contributed by atoms with Gasteiger partial charge in [0.25, 0.3) is 0 Å². The van der Waals surface area contributed by atoms with Gasteiger partial charge < -0.3 is 4.79 Å². The molecule has 0 bridgehead atoms. The molecule has 1 aromatic rings. The van der Waals surface area contributed by atoms with Crippen molar-refractivity contribution in [2.45, 2.75) is 23.4 Å². The summed E-state index contributed by atoms with van der Waals surface area (Å²) < 4.78 is 37.5. The Hall–Kier alpha value is -0.970. The monoisotopic (exact) mass is 246 g/mol. The van der Waals surface area contributed by atoms with Gasteiger partial charge in [0.2, 0.25) is 0 Å². The molecule has 5 heteroatoms. The molecule has 16 heavy (non-hydrogen) atoms. The fourth-order valence-corrected chi connectivity index (χ4v) is 3.02. The topological polar surface area (TPSA) is 17.1 Å². The number of rotatable bonds is 2. The second kappa shape index (κ2) is 4.13. The highest BCUT2D eigenvalue weighted by molar-refractivity contribution is 7.99. The molecule has 0 aromatic heterocycles. The molecule has 1 heterocycles. The number of benzene rings is 1. The van der Waals surface area contributed by atoms with Gasteiger partial charge in [0.05, 0.1) is 5.56 Å². The highest BCUT2D eigenvalue weighted by atomic mass is 32.2. The molecule has 0 fully saturated rings. The summed E-state index contributed by atoms with van der Waals surface area (Å²) in [5.41, 5.74) is 0.0246. The Labute approximate surface area is 95.0 Å². The summed E-state index contributed by atoms with van der Waals surface area (Å²) in [7, 11) is 0. The van der Waals surface area contributed by atoms with Crippen LogP contribution in [0.1, 0.15) is 23.5 Å². The fourth-order valence-electron chi connectivity index (χ4n) is 1.77. The first kappa shape index (κ1) is 11.5. The van der Waals surface area contributed by atoms with Crippen LogP contribution in [-0.2, 0) is 11.0 Å². The maximum atomic E-state index is 12.5. The second-order valence-corrected chi connectivity index (χ2v) is 4.72. The highest BCUT2D eigenvalue weighted by Crippen LogP contribution is 2.43. The van der Waals surface area contributed by atoms with E-state index in [-0.39, 0.29) is 5.92 Å². The number of hydrogen-bond donors (Lipinski definition) is 0. The van der Waals surface area contributed by atoms with E-state index in [9.17, 15) is 18.0 Å². The molecular formula is C11H9F3OS. The number of thioether (sulfide) groups is 1. The first-order valence-corrected chi connectivity index (χ1v) is 5.78. The highest BCUT2D eigenvalue weighted by Gasteiger charge is 2.33. The maximum absolute atomic E-state index is 12.5. The summed E-state index contributed by atoms with van der Waals surface area (Å²) in [6, 6.07) is 3.76. The van der Waals surface area contributed by atoms with Gasteiger partial charge in [0, 0.05) is 23.0 Å². The molecule has 0 N–H and O–H groups in total. The minimum atomic E-state index is -4.31. The molecule has 1 atom stereocenters. The maximum Gasteiger partial charge on any atom is 0.416 e. The van der Waals surface area contributed by atoms with Crippen LogP contribution in [0.15, 0.2) is 23.1 Å². The Balaban J connectivity index is 2.37. The second-order valence-electron chi connectivity index (χ2n) is 3.66. The minimum absolute atomic E-state index is 0.0696. The molecule has 0 saturated carbocycles. The predicted octanol–water partition coefficient (Wildman–Crippen LogP) is 3.48. The summed E-state index contributed by atoms with van der Waals surface area (Å²) >= 11 is 1.51. The van der Waals surface area contributed by atoms with Crippen LogP contribution in [0.3, 0.4) is 0 Å². The number of hydrogen-bond acceptors (Lipinski definition) is 2. The summed E-state index contributed by atoms with van der Waals surface area (Å²) in [4.78, 5) is 11.3. The molecule has 0 spiro atoms. The number of aldehydes is 1. The zero-order chi connectivity index (χ0) is 11.8. The largest absolute Gasteiger partial charge is 0.416 e. The SMILES string of the molecule is O=CCC1CSc2ccc(C(F)(F)F)cc21. The summed E-state index contributed by atoms with van der Waals surface area (Å²) in [5, 5.41) is 0. The molecule has 0 saturated heterocycles. The zero-order valence-electron chi connectivity index (χ0n) is 8.25. The van der Waals surface area contributed by atoms with Gasteiger partial charge in [0.1, 0.15) is 6.29 Å². The van der Waals surface area contributed by atoms with Crippen LogP contribution in [0.25, 0.3) is 0 Å². The van der Waals surface area contributed by atoms with E-state index in [0.717, 1.165) is 17.2 Å². The van der Waals surface area contributed by atoms with E-state index in [1.807, 2.05) is 0 Å². The fraction of sp³-hybridized carbons (Fsp3) is 0.364. The number of carbonyl (C=O) groups excluding carboxylic acids is 1. The van der Waals surface area contributed by atoms with Gasteiger partial charge in [-0.3, -0.25) is 0 Å². The third kappa shape index (κ3) is 2.09. The zero-order valence-corrected chi connectivity index (χ0v) is 9.07. The molecule has 86 valence electrons. The number of alkyl halides is 3. The van der Waals surface area contributed by atoms with Crippen molar-refractivity contribution in [3.05, 3.63) is 29.3 Å². The van der Waals surface area contributed by atoms with Crippen molar-refractivity contribution < 1.29 is 18.0 Å². The molecule has 1 aromatic carbocycles. The Bertz CT molecular complexity index is 414. The van der Waals surface area contributed by atoms with Gasteiger partial charge in [-0.15, -0.1) is 11.8 Å². The molecule has 1 nitrogen and oxygen atoms in total. The van der Waals surface area contributed by atoms with E-state index in [2.05, 4.69) is 0 Å². The first-order chi connectivity index (χ1) is 7.52. The van der Waals surface area contributed by atoms with Crippen molar-refractivity contribution in [2.75, 3.05) is 5.75 Å². The standard InChI is InChI=1S/C11H9F3OS/c12-11(13,14)8-1-2-10-9(5-8)7(3-4-15)6-16-10/h1-2,4-5,7H,3,6H2. The summed E-state index contributed by atoms with van der Waals surface area (Å²) in [6.07, 6.45) is -3.25. The van der Waals surface area contributed by atoms with Gasteiger partial charge in [-0.2, -0.15) is 13.2 Å². The predicted molar refractivity (Wildman–Crippen MR) is 55.6 cm³/mol. The lowest BCUT2D eigenvalue weighted by Crippen LogP contribution is -2.06. The van der Waals surface area contributed by atoms with E-state index in [1.54, 1.807) is 0 Å². The normalized spacial score (nSPS) is 19.6. The third-order valence-electron chi connectivity index (χ3n) is 2.60. The number of carbonyl (C=O) groups is 1. The van der Waals surface area contributed by atoms with E-state index in [0.29, 0.717) is 17.7 Å². The minimum Gasteiger partial charge on any atom is -0.303 e. The van der Waals surface area contributed by atoms with Gasteiger partial charge in [0.15, 0.2) is 0 Å². The lowest BCUT2D eigenvalue weighted by atomic mass is 9.97. The van der Waals surface area contributed by atoms with Crippen LogP contribution in [0.4, 0.5) is 13.2 Å². The third-order valence-corrected chi connectivity index (χ3v) is 3.85. The average Bonchev–Trinajstić information content (AvgIpc) is 2.60. The van der Waals surface area contributed by atoms with Crippen molar-refractivity contribution in [1.82, 2.24) is 0 Å². The van der Waals surface area contributed by atoms with Gasteiger partial charge in [-0.05, 0) is 23.8 Å². The van der Waals surface area contributed by atoms with Crippen LogP contribution in [0.5, 0.6) is 0 Å². The van der Waals surface area contributed by atoms with E-state index in [4.69, 9.17) is 0 Å². The van der Waals surface area contributed by atoms with Crippen LogP contribution in [-0.4, -0.2) is 12.0 Å². The van der Waals surface area contributed by atoms with Crippen LogP contribution >= 0.6 is 11.8 Å². The summed E-state index contributed by atoms with van der Waals surface area (Å²) in [5.74, 6) is 0.620. The van der Waals surface area contributed by atoms with Gasteiger partial charge >= 0.3 is 6.18 Å². The molecule has 2 rings (SSSR count). The van der Waals surface area contributed by atoms with E-state index >= 15 is 0 Å². The number of fused-ring (bicyclic) bond motifs is 1. The Morgan fingerprint density at radius 2 is 2.19 bits per heavy atom. The quantitative estimate of drug-likeness (QED) is 0.743. The van der Waals surface area contributed by atoms with Crippen LogP contribution < -0.4 is 0 Å². The lowest BCUT2D eigenvalue weighted by molar-refractivity contribution is -0.137. The smallest absolute Gasteiger partial charge is 0.303 e. The molecule has 0 aliphatic carbocycles. The van der Waals surface area contributed by atoms with Crippen LogP contribution in [0, 0.1) is 0 Å². The number of halogens is 3. The Morgan fingerprint density at radius 3 is 2.81 bits per heavy atom.